The molecule has 1 atom stereocenters. The molecule has 0 saturated carbocycles. The minimum Gasteiger partial charge on any atom is -0.497 e. The Labute approximate surface area is 337 Å². The van der Waals surface area contributed by atoms with Crippen LogP contribution in [0.2, 0.25) is 10.0 Å². The van der Waals surface area contributed by atoms with Crippen molar-refractivity contribution in [2.75, 3.05) is 51.0 Å². The van der Waals surface area contributed by atoms with E-state index in [1.54, 1.807) is 41.9 Å². The van der Waals surface area contributed by atoms with Gasteiger partial charge < -0.3 is 35.1 Å². The lowest BCUT2D eigenvalue weighted by Gasteiger charge is -2.27. The maximum absolute atomic E-state index is 13.9. The van der Waals surface area contributed by atoms with E-state index in [4.69, 9.17) is 47.4 Å². The largest absolute Gasteiger partial charge is 0.497 e. The number of carbonyl (C=O) groups is 2. The lowest BCUT2D eigenvalue weighted by Crippen LogP contribution is -2.48. The summed E-state index contributed by atoms with van der Waals surface area (Å²) < 4.78 is 16.5. The number of alkyl carbamates (subject to hydrolysis) is 1. The molecule has 2 amide bonds. The highest BCUT2D eigenvalue weighted by Crippen LogP contribution is 2.36. The number of amides is 2. The van der Waals surface area contributed by atoms with E-state index in [-0.39, 0.29) is 5.91 Å². The molecule has 2 aromatic heterocycles. The van der Waals surface area contributed by atoms with Gasteiger partial charge in [0.1, 0.15) is 23.1 Å². The first kappa shape index (κ1) is 40.4. The molecule has 6 rings (SSSR count). The van der Waals surface area contributed by atoms with Gasteiger partial charge in [-0.05, 0) is 120 Å². The Hall–Kier alpha value is -5.26. The SMILES string of the molecule is COc1ccc2nc3cc(Cl)ccc3c(NCCCCN(CCCNc3c4ccc(Cl)cc4nc4ccc(OC)cc34)C(=O)[C@H](C)NC(=O)OC(C)(C)C)c2c1. The molecule has 56 heavy (non-hydrogen) atoms. The normalized spacial score (nSPS) is 12.1. The maximum atomic E-state index is 13.9. The number of hydrogen-bond acceptors (Lipinski definition) is 9. The second-order valence-electron chi connectivity index (χ2n) is 14.7. The number of halogens is 2. The van der Waals surface area contributed by atoms with Gasteiger partial charge in [-0.1, -0.05) is 23.2 Å². The minimum absolute atomic E-state index is 0.182. The highest BCUT2D eigenvalue weighted by Gasteiger charge is 2.25. The van der Waals surface area contributed by atoms with Crippen LogP contribution >= 0.6 is 23.2 Å². The molecule has 0 radical (unpaired) electrons. The smallest absolute Gasteiger partial charge is 0.408 e. The van der Waals surface area contributed by atoms with E-state index in [0.29, 0.717) is 42.6 Å². The minimum atomic E-state index is -0.780. The summed E-state index contributed by atoms with van der Waals surface area (Å²) in [7, 11) is 3.28. The number of ether oxygens (including phenoxy) is 3. The number of hydrogen-bond donors (Lipinski definition) is 3. The molecule has 4 aromatic carbocycles. The van der Waals surface area contributed by atoms with Gasteiger partial charge in [0.25, 0.3) is 0 Å². The highest BCUT2D eigenvalue weighted by atomic mass is 35.5. The third-order valence-corrected chi connectivity index (χ3v) is 9.83. The summed E-state index contributed by atoms with van der Waals surface area (Å²) in [6.07, 6.45) is 1.51. The van der Waals surface area contributed by atoms with E-state index in [1.165, 1.54) is 0 Å². The van der Waals surface area contributed by atoms with Crippen molar-refractivity contribution in [3.8, 4) is 11.5 Å². The Morgan fingerprint density at radius 2 is 1.18 bits per heavy atom. The van der Waals surface area contributed by atoms with Gasteiger partial charge >= 0.3 is 6.09 Å². The summed E-state index contributed by atoms with van der Waals surface area (Å²) in [6, 6.07) is 22.2. The van der Waals surface area contributed by atoms with Crippen molar-refractivity contribution in [1.29, 1.82) is 0 Å². The maximum Gasteiger partial charge on any atom is 0.408 e. The molecule has 13 heteroatoms. The first-order valence-electron chi connectivity index (χ1n) is 18.7. The number of benzene rings is 4. The molecule has 3 N–H and O–H groups in total. The van der Waals surface area contributed by atoms with Crippen LogP contribution < -0.4 is 25.4 Å². The van der Waals surface area contributed by atoms with Crippen molar-refractivity contribution in [1.82, 2.24) is 20.2 Å². The van der Waals surface area contributed by atoms with Gasteiger partial charge in [-0.25, -0.2) is 14.8 Å². The van der Waals surface area contributed by atoms with E-state index >= 15 is 0 Å². The van der Waals surface area contributed by atoms with Crippen LogP contribution in [0.25, 0.3) is 43.6 Å². The summed E-state index contributed by atoms with van der Waals surface area (Å²) in [5.41, 5.74) is 4.39. The number of carbonyl (C=O) groups excluding carboxylic acids is 2. The molecule has 294 valence electrons. The molecule has 0 aliphatic carbocycles. The summed E-state index contributed by atoms with van der Waals surface area (Å²) in [5, 5.41) is 15.0. The van der Waals surface area contributed by atoms with Crippen LogP contribution in [0.5, 0.6) is 11.5 Å². The molecule has 6 aromatic rings. The summed E-state index contributed by atoms with van der Waals surface area (Å²) in [4.78, 5) is 38.0. The molecule has 0 unspecified atom stereocenters. The van der Waals surface area contributed by atoms with Gasteiger partial charge in [-0.15, -0.1) is 0 Å². The standard InChI is InChI=1S/C43H48Cl2N6O5/c1-26(48-42(53)56-43(2,3)4)41(52)51(21-9-19-47-40-32-15-11-28(45)23-38(32)50-36-17-13-30(55-6)25-34(36)40)20-8-7-18-46-39-31-14-10-27(44)22-37(31)49-35-16-12-29(54-5)24-33(35)39/h10-17,22-26H,7-9,18-21H2,1-6H3,(H,46,49)(H,47,50)(H,48,53)/t26-/m0/s1. The van der Waals surface area contributed by atoms with Crippen molar-refractivity contribution in [2.45, 2.75) is 58.6 Å². The summed E-state index contributed by atoms with van der Waals surface area (Å²) in [5.74, 6) is 1.28. The first-order chi connectivity index (χ1) is 26.8. The molecule has 2 heterocycles. The molecule has 0 bridgehead atoms. The lowest BCUT2D eigenvalue weighted by atomic mass is 10.1. The Morgan fingerprint density at radius 3 is 1.68 bits per heavy atom. The molecule has 0 aliphatic heterocycles. The fourth-order valence-corrected chi connectivity index (χ4v) is 7.04. The van der Waals surface area contributed by atoms with Crippen molar-refractivity contribution >= 4 is 90.2 Å². The Kier molecular flexibility index (Phi) is 12.8. The average molecular weight is 800 g/mol. The van der Waals surface area contributed by atoms with Crippen LogP contribution in [-0.4, -0.2) is 78.9 Å². The predicted molar refractivity (Wildman–Crippen MR) is 228 cm³/mol. The fraction of sp³-hybridized carbons (Fsp3) is 0.349. The van der Waals surface area contributed by atoms with E-state index < -0.39 is 17.7 Å². The van der Waals surface area contributed by atoms with Gasteiger partial charge in [0, 0.05) is 57.8 Å². The van der Waals surface area contributed by atoms with Crippen LogP contribution in [0.15, 0.2) is 72.8 Å². The molecular formula is C43H48Cl2N6O5. The quantitative estimate of drug-likeness (QED) is 0.0687. The van der Waals surface area contributed by atoms with Crippen molar-refractivity contribution in [2.24, 2.45) is 0 Å². The highest BCUT2D eigenvalue weighted by molar-refractivity contribution is 6.32. The fourth-order valence-electron chi connectivity index (χ4n) is 6.70. The molecule has 0 spiro atoms. The van der Waals surface area contributed by atoms with E-state index in [2.05, 4.69) is 16.0 Å². The van der Waals surface area contributed by atoms with E-state index in [1.807, 2.05) is 77.7 Å². The van der Waals surface area contributed by atoms with Gasteiger partial charge in [0.05, 0.1) is 47.7 Å². The number of rotatable bonds is 15. The lowest BCUT2D eigenvalue weighted by molar-refractivity contribution is -0.133. The van der Waals surface area contributed by atoms with Crippen LogP contribution in [-0.2, 0) is 9.53 Å². The number of anilines is 2. The van der Waals surface area contributed by atoms with Crippen LogP contribution in [0.3, 0.4) is 0 Å². The Bertz CT molecular complexity index is 2380. The second-order valence-corrected chi connectivity index (χ2v) is 15.5. The van der Waals surface area contributed by atoms with Crippen molar-refractivity contribution < 1.29 is 23.8 Å². The number of pyridine rings is 2. The Morgan fingerprint density at radius 1 is 0.679 bits per heavy atom. The summed E-state index contributed by atoms with van der Waals surface area (Å²) in [6.45, 7) is 9.24. The van der Waals surface area contributed by atoms with Gasteiger partial charge in [0.15, 0.2) is 0 Å². The topological polar surface area (TPSA) is 127 Å². The second kappa shape index (κ2) is 17.7. The zero-order valence-corrected chi connectivity index (χ0v) is 34.1. The zero-order valence-electron chi connectivity index (χ0n) is 32.6. The number of unbranched alkanes of at least 4 members (excludes halogenated alkanes) is 1. The monoisotopic (exact) mass is 798 g/mol. The summed E-state index contributed by atoms with van der Waals surface area (Å²) >= 11 is 12.7. The third-order valence-electron chi connectivity index (χ3n) is 9.36. The molecule has 11 nitrogen and oxygen atoms in total. The van der Waals surface area contributed by atoms with Crippen LogP contribution in [0.1, 0.15) is 47.0 Å². The van der Waals surface area contributed by atoms with Gasteiger partial charge in [-0.3, -0.25) is 4.79 Å². The third kappa shape index (κ3) is 9.75. The zero-order chi connectivity index (χ0) is 40.0. The van der Waals surface area contributed by atoms with Crippen molar-refractivity contribution in [3.63, 3.8) is 0 Å². The molecule has 0 aliphatic rings. The van der Waals surface area contributed by atoms with Crippen molar-refractivity contribution in [3.05, 3.63) is 82.8 Å². The number of nitrogens with zero attached hydrogens (tertiary/aromatic N) is 3. The van der Waals surface area contributed by atoms with Crippen LogP contribution in [0.4, 0.5) is 16.2 Å². The molecular weight excluding hydrogens is 751 g/mol. The van der Waals surface area contributed by atoms with E-state index in [0.717, 1.165) is 79.3 Å². The van der Waals surface area contributed by atoms with E-state index in [9.17, 15) is 9.59 Å². The Balaban J connectivity index is 1.15. The number of methoxy groups -OCH3 is 2. The predicted octanol–water partition coefficient (Wildman–Crippen LogP) is 9.85. The van der Waals surface area contributed by atoms with Crippen LogP contribution in [0, 0.1) is 0 Å². The molecule has 0 saturated heterocycles. The van der Waals surface area contributed by atoms with Gasteiger partial charge in [-0.2, -0.15) is 0 Å². The van der Waals surface area contributed by atoms with Gasteiger partial charge in [0.2, 0.25) is 5.91 Å². The molecule has 0 fully saturated rings. The number of fused-ring (bicyclic) bond motifs is 4. The average Bonchev–Trinajstić information content (AvgIpc) is 3.16. The number of nitrogens with one attached hydrogen (secondary N) is 3. The number of aromatic nitrogens is 2. The first-order valence-corrected chi connectivity index (χ1v) is 19.5.